The summed E-state index contributed by atoms with van der Waals surface area (Å²) in [4.78, 5) is 14.6. The van der Waals surface area contributed by atoms with Gasteiger partial charge in [-0.05, 0) is 45.1 Å². The van der Waals surface area contributed by atoms with Crippen molar-refractivity contribution in [3.05, 3.63) is 23.0 Å². The number of aromatic nitrogens is 2. The van der Waals surface area contributed by atoms with Crippen LogP contribution in [0.2, 0.25) is 0 Å². The molecule has 110 valence electrons. The van der Waals surface area contributed by atoms with Crippen molar-refractivity contribution in [2.24, 2.45) is 5.92 Å². The Hall–Kier alpha value is -1.49. The van der Waals surface area contributed by atoms with Gasteiger partial charge in [-0.1, -0.05) is 6.92 Å². The number of aliphatic hydroxyl groups is 1. The van der Waals surface area contributed by atoms with Crippen LogP contribution in [0.1, 0.15) is 48.4 Å². The number of rotatable bonds is 3. The summed E-state index contributed by atoms with van der Waals surface area (Å²) >= 11 is 0. The molecule has 0 aromatic carbocycles. The molecule has 1 aliphatic heterocycles. The number of carbonyl (C=O) groups is 1. The molecule has 2 atom stereocenters. The SMILES string of the molecule is CCc1nnc(C)cc1C(=O)N1CC[C@H](CO)C[C@@H]1C. The predicted molar refractivity (Wildman–Crippen MR) is 76.5 cm³/mol. The lowest BCUT2D eigenvalue weighted by molar-refractivity contribution is 0.0513. The van der Waals surface area contributed by atoms with Gasteiger partial charge < -0.3 is 10.0 Å². The van der Waals surface area contributed by atoms with E-state index in [9.17, 15) is 9.90 Å². The van der Waals surface area contributed by atoms with Crippen molar-refractivity contribution in [2.75, 3.05) is 13.2 Å². The number of aryl methyl sites for hydroxylation is 2. The monoisotopic (exact) mass is 277 g/mol. The second kappa shape index (κ2) is 6.31. The van der Waals surface area contributed by atoms with E-state index in [0.717, 1.165) is 24.2 Å². The molecule has 2 rings (SSSR count). The third kappa shape index (κ3) is 2.98. The van der Waals surface area contributed by atoms with Gasteiger partial charge in [0, 0.05) is 19.2 Å². The summed E-state index contributed by atoms with van der Waals surface area (Å²) in [6, 6.07) is 1.99. The van der Waals surface area contributed by atoms with Gasteiger partial charge in [0.15, 0.2) is 0 Å². The number of amides is 1. The minimum atomic E-state index is 0.0451. The van der Waals surface area contributed by atoms with Gasteiger partial charge in [0.25, 0.3) is 5.91 Å². The van der Waals surface area contributed by atoms with Gasteiger partial charge in [-0.15, -0.1) is 0 Å². The van der Waals surface area contributed by atoms with Crippen LogP contribution in [0.4, 0.5) is 0 Å². The molecule has 1 aliphatic rings. The lowest BCUT2D eigenvalue weighted by Crippen LogP contribution is -2.45. The molecule has 5 nitrogen and oxygen atoms in total. The first kappa shape index (κ1) is 14.9. The molecular weight excluding hydrogens is 254 g/mol. The smallest absolute Gasteiger partial charge is 0.256 e. The fourth-order valence-electron chi connectivity index (χ4n) is 2.85. The van der Waals surface area contributed by atoms with Crippen LogP contribution in [0, 0.1) is 12.8 Å². The number of aliphatic hydroxyl groups excluding tert-OH is 1. The van der Waals surface area contributed by atoms with Gasteiger partial charge in [0.1, 0.15) is 0 Å². The highest BCUT2D eigenvalue weighted by Gasteiger charge is 2.30. The number of hydrogen-bond acceptors (Lipinski definition) is 4. The molecule has 1 fully saturated rings. The maximum absolute atomic E-state index is 12.7. The zero-order valence-corrected chi connectivity index (χ0v) is 12.5. The molecular formula is C15H23N3O2. The predicted octanol–water partition coefficient (Wildman–Crippen LogP) is 1.58. The molecule has 1 saturated heterocycles. The summed E-state index contributed by atoms with van der Waals surface area (Å²) in [5.74, 6) is 0.362. The molecule has 0 saturated carbocycles. The van der Waals surface area contributed by atoms with Crippen LogP contribution in [0.15, 0.2) is 6.07 Å². The molecule has 20 heavy (non-hydrogen) atoms. The Morgan fingerprint density at radius 1 is 1.50 bits per heavy atom. The van der Waals surface area contributed by atoms with Crippen molar-refractivity contribution in [3.63, 3.8) is 0 Å². The van der Waals surface area contributed by atoms with Crippen LogP contribution in [-0.4, -0.2) is 45.3 Å². The lowest BCUT2D eigenvalue weighted by atomic mass is 9.91. The summed E-state index contributed by atoms with van der Waals surface area (Å²) in [6.45, 7) is 6.80. The number of carbonyl (C=O) groups excluding carboxylic acids is 1. The van der Waals surface area contributed by atoms with E-state index in [1.165, 1.54) is 0 Å². The zero-order chi connectivity index (χ0) is 14.7. The van der Waals surface area contributed by atoms with Gasteiger partial charge in [-0.25, -0.2) is 0 Å². The van der Waals surface area contributed by atoms with E-state index in [2.05, 4.69) is 10.2 Å². The summed E-state index contributed by atoms with van der Waals surface area (Å²) < 4.78 is 0. The molecule has 0 radical (unpaired) electrons. The summed E-state index contributed by atoms with van der Waals surface area (Å²) in [5, 5.41) is 17.4. The van der Waals surface area contributed by atoms with Crippen LogP contribution < -0.4 is 0 Å². The van der Waals surface area contributed by atoms with E-state index in [1.54, 1.807) is 0 Å². The second-order valence-electron chi connectivity index (χ2n) is 5.62. The average molecular weight is 277 g/mol. The van der Waals surface area contributed by atoms with E-state index >= 15 is 0 Å². The number of nitrogens with zero attached hydrogens (tertiary/aromatic N) is 3. The standard InChI is InChI=1S/C15H23N3O2/c1-4-14-13(7-10(2)16-17-14)15(20)18-6-5-12(9-19)8-11(18)3/h7,11-12,19H,4-6,8-9H2,1-3H3/t11-,12-/m0/s1. The van der Waals surface area contributed by atoms with Crippen molar-refractivity contribution in [3.8, 4) is 0 Å². The van der Waals surface area contributed by atoms with Crippen molar-refractivity contribution >= 4 is 5.91 Å². The topological polar surface area (TPSA) is 66.3 Å². The maximum Gasteiger partial charge on any atom is 0.256 e. The van der Waals surface area contributed by atoms with Gasteiger partial charge in [0.05, 0.1) is 17.0 Å². The van der Waals surface area contributed by atoms with Crippen molar-refractivity contribution in [2.45, 2.75) is 46.1 Å². The largest absolute Gasteiger partial charge is 0.396 e. The number of piperidine rings is 1. The third-order valence-electron chi connectivity index (χ3n) is 4.06. The summed E-state index contributed by atoms with van der Waals surface area (Å²) in [7, 11) is 0. The minimum Gasteiger partial charge on any atom is -0.396 e. The fraction of sp³-hybridized carbons (Fsp3) is 0.667. The van der Waals surface area contributed by atoms with Gasteiger partial charge in [-0.3, -0.25) is 4.79 Å². The molecule has 5 heteroatoms. The van der Waals surface area contributed by atoms with Crippen LogP contribution in [0.5, 0.6) is 0 Å². The van der Waals surface area contributed by atoms with Gasteiger partial charge >= 0.3 is 0 Å². The fourth-order valence-corrected chi connectivity index (χ4v) is 2.85. The number of hydrogen-bond donors (Lipinski definition) is 1. The number of likely N-dealkylation sites (tertiary alicyclic amines) is 1. The van der Waals surface area contributed by atoms with Crippen molar-refractivity contribution in [1.29, 1.82) is 0 Å². The summed E-state index contributed by atoms with van der Waals surface area (Å²) in [6.07, 6.45) is 2.43. The van der Waals surface area contributed by atoms with E-state index in [4.69, 9.17) is 0 Å². The highest BCUT2D eigenvalue weighted by molar-refractivity contribution is 5.95. The van der Waals surface area contributed by atoms with E-state index in [-0.39, 0.29) is 18.6 Å². The molecule has 1 amide bonds. The Bertz CT molecular complexity index is 490. The van der Waals surface area contributed by atoms with Crippen LogP contribution in [-0.2, 0) is 6.42 Å². The Kier molecular flexibility index (Phi) is 4.70. The molecule has 0 spiro atoms. The second-order valence-corrected chi connectivity index (χ2v) is 5.62. The molecule has 1 aromatic rings. The summed E-state index contributed by atoms with van der Waals surface area (Å²) in [5.41, 5.74) is 2.20. The maximum atomic E-state index is 12.7. The van der Waals surface area contributed by atoms with E-state index in [0.29, 0.717) is 24.4 Å². The first-order valence-corrected chi connectivity index (χ1v) is 7.31. The quantitative estimate of drug-likeness (QED) is 0.911. The average Bonchev–Trinajstić information content (AvgIpc) is 2.46. The van der Waals surface area contributed by atoms with Gasteiger partial charge in [-0.2, -0.15) is 10.2 Å². The van der Waals surface area contributed by atoms with Crippen LogP contribution >= 0.6 is 0 Å². The molecule has 0 unspecified atom stereocenters. The Labute approximate surface area is 120 Å². The highest BCUT2D eigenvalue weighted by Crippen LogP contribution is 2.24. The molecule has 1 aromatic heterocycles. The van der Waals surface area contributed by atoms with Gasteiger partial charge in [0.2, 0.25) is 0 Å². The highest BCUT2D eigenvalue weighted by atomic mass is 16.3. The molecule has 0 aliphatic carbocycles. The first-order chi connectivity index (χ1) is 9.56. The first-order valence-electron chi connectivity index (χ1n) is 7.31. The van der Waals surface area contributed by atoms with Crippen LogP contribution in [0.25, 0.3) is 0 Å². The lowest BCUT2D eigenvalue weighted by Gasteiger charge is -2.37. The minimum absolute atomic E-state index is 0.0451. The third-order valence-corrected chi connectivity index (χ3v) is 4.06. The van der Waals surface area contributed by atoms with Crippen LogP contribution in [0.3, 0.4) is 0 Å². The zero-order valence-electron chi connectivity index (χ0n) is 12.5. The van der Waals surface area contributed by atoms with E-state index in [1.807, 2.05) is 31.7 Å². The Balaban J connectivity index is 2.21. The van der Waals surface area contributed by atoms with Crippen molar-refractivity contribution in [1.82, 2.24) is 15.1 Å². The Morgan fingerprint density at radius 3 is 2.85 bits per heavy atom. The normalized spacial score (nSPS) is 22.9. The Morgan fingerprint density at radius 2 is 2.25 bits per heavy atom. The molecule has 2 heterocycles. The van der Waals surface area contributed by atoms with E-state index < -0.39 is 0 Å². The molecule has 0 bridgehead atoms. The molecule has 1 N–H and O–H groups in total. The van der Waals surface area contributed by atoms with Crippen molar-refractivity contribution < 1.29 is 9.90 Å².